The predicted octanol–water partition coefficient (Wildman–Crippen LogP) is 3.06. The van der Waals surface area contributed by atoms with Crippen molar-refractivity contribution in [2.45, 2.75) is 19.0 Å². The van der Waals surface area contributed by atoms with Gasteiger partial charge >= 0.3 is 0 Å². The SMILES string of the molecule is O=C(NO)c1ccc(CN2C(=O)c3ccc(Cl)cc3NC(=O)[C@H]2Cc2ccccn2)cc1. The van der Waals surface area contributed by atoms with E-state index in [0.29, 0.717) is 27.5 Å². The minimum atomic E-state index is -0.816. The molecule has 162 valence electrons. The Bertz CT molecular complexity index is 1170. The number of hydroxylamine groups is 1. The summed E-state index contributed by atoms with van der Waals surface area (Å²) in [5.74, 6) is -1.31. The van der Waals surface area contributed by atoms with Gasteiger partial charge in [-0.25, -0.2) is 5.48 Å². The van der Waals surface area contributed by atoms with Crippen molar-refractivity contribution in [1.82, 2.24) is 15.4 Å². The Hall–Kier alpha value is -3.75. The van der Waals surface area contributed by atoms with Crippen molar-refractivity contribution in [3.63, 3.8) is 0 Å². The van der Waals surface area contributed by atoms with Gasteiger partial charge in [0.05, 0.1) is 11.3 Å². The van der Waals surface area contributed by atoms with Crippen LogP contribution in [0.15, 0.2) is 66.9 Å². The predicted molar refractivity (Wildman–Crippen MR) is 117 cm³/mol. The quantitative estimate of drug-likeness (QED) is 0.408. The van der Waals surface area contributed by atoms with E-state index in [2.05, 4.69) is 10.3 Å². The molecule has 0 spiro atoms. The van der Waals surface area contributed by atoms with Gasteiger partial charge < -0.3 is 10.2 Å². The van der Waals surface area contributed by atoms with E-state index in [1.54, 1.807) is 54.1 Å². The Balaban J connectivity index is 1.71. The van der Waals surface area contributed by atoms with Crippen molar-refractivity contribution in [3.05, 3.63) is 94.3 Å². The summed E-state index contributed by atoms with van der Waals surface area (Å²) in [6.45, 7) is 0.132. The van der Waals surface area contributed by atoms with Gasteiger partial charge in [0.25, 0.3) is 11.8 Å². The molecule has 0 unspecified atom stereocenters. The number of halogens is 1. The van der Waals surface area contributed by atoms with Gasteiger partial charge in [0.2, 0.25) is 5.91 Å². The first-order valence-electron chi connectivity index (χ1n) is 9.81. The van der Waals surface area contributed by atoms with Gasteiger partial charge in [0.15, 0.2) is 0 Å². The fourth-order valence-corrected chi connectivity index (χ4v) is 3.76. The first kappa shape index (κ1) is 21.5. The van der Waals surface area contributed by atoms with E-state index < -0.39 is 11.9 Å². The molecular weight excluding hydrogens is 432 g/mol. The molecule has 1 aliphatic rings. The maximum atomic E-state index is 13.5. The molecule has 0 radical (unpaired) electrons. The van der Waals surface area contributed by atoms with E-state index in [0.717, 1.165) is 0 Å². The number of hydrogen-bond donors (Lipinski definition) is 3. The van der Waals surface area contributed by atoms with Crippen molar-refractivity contribution < 1.29 is 19.6 Å². The van der Waals surface area contributed by atoms with Crippen LogP contribution < -0.4 is 10.8 Å². The number of carbonyl (C=O) groups excluding carboxylic acids is 3. The van der Waals surface area contributed by atoms with Crippen LogP contribution in [0.5, 0.6) is 0 Å². The lowest BCUT2D eigenvalue weighted by Crippen LogP contribution is -2.46. The fourth-order valence-electron chi connectivity index (χ4n) is 3.58. The molecule has 0 saturated heterocycles. The van der Waals surface area contributed by atoms with Gasteiger partial charge in [-0.3, -0.25) is 24.6 Å². The van der Waals surface area contributed by atoms with E-state index in [1.165, 1.54) is 17.0 Å². The van der Waals surface area contributed by atoms with E-state index in [1.807, 2.05) is 6.07 Å². The number of anilines is 1. The van der Waals surface area contributed by atoms with Crippen molar-refractivity contribution in [2.75, 3.05) is 5.32 Å². The van der Waals surface area contributed by atoms with Crippen LogP contribution in [0.1, 0.15) is 32.0 Å². The summed E-state index contributed by atoms with van der Waals surface area (Å²) in [5, 5.41) is 12.0. The van der Waals surface area contributed by atoms with Gasteiger partial charge in [-0.05, 0) is 48.0 Å². The minimum Gasteiger partial charge on any atom is -0.323 e. The number of benzene rings is 2. The average Bonchev–Trinajstić information content (AvgIpc) is 2.89. The fraction of sp³-hybridized carbons (Fsp3) is 0.130. The van der Waals surface area contributed by atoms with Crippen LogP contribution in [-0.4, -0.2) is 38.9 Å². The number of fused-ring (bicyclic) bond motifs is 1. The highest BCUT2D eigenvalue weighted by atomic mass is 35.5. The highest BCUT2D eigenvalue weighted by molar-refractivity contribution is 6.31. The van der Waals surface area contributed by atoms with Crippen LogP contribution in [0, 0.1) is 0 Å². The molecule has 0 saturated carbocycles. The van der Waals surface area contributed by atoms with Crippen LogP contribution in [0.4, 0.5) is 5.69 Å². The Morgan fingerprint density at radius 1 is 1.12 bits per heavy atom. The third-order valence-corrected chi connectivity index (χ3v) is 5.44. The van der Waals surface area contributed by atoms with Crippen molar-refractivity contribution in [1.29, 1.82) is 0 Å². The third-order valence-electron chi connectivity index (χ3n) is 5.21. The standard InChI is InChI=1S/C23H19ClN4O4/c24-16-8-9-18-19(11-16)26-22(30)20(12-17-3-1-2-10-25-17)28(23(18)31)13-14-4-6-15(7-5-14)21(29)27-32/h1-11,20,32H,12-13H2,(H,26,30)(H,27,29)/t20-/m1/s1. The minimum absolute atomic E-state index is 0.132. The number of pyridine rings is 1. The Labute approximate surface area is 188 Å². The summed E-state index contributed by atoms with van der Waals surface area (Å²) in [7, 11) is 0. The molecule has 3 aromatic rings. The number of nitrogens with one attached hydrogen (secondary N) is 2. The molecule has 0 bridgehead atoms. The van der Waals surface area contributed by atoms with E-state index in [9.17, 15) is 14.4 Å². The first-order valence-corrected chi connectivity index (χ1v) is 10.2. The number of amides is 3. The van der Waals surface area contributed by atoms with Crippen LogP contribution >= 0.6 is 11.6 Å². The zero-order valence-corrected chi connectivity index (χ0v) is 17.5. The molecular formula is C23H19ClN4O4. The number of nitrogens with zero attached hydrogens (tertiary/aromatic N) is 2. The monoisotopic (exact) mass is 450 g/mol. The normalized spacial score (nSPS) is 15.6. The molecule has 0 aliphatic carbocycles. The topological polar surface area (TPSA) is 112 Å². The molecule has 9 heteroatoms. The van der Waals surface area contributed by atoms with Gasteiger partial charge in [-0.2, -0.15) is 0 Å². The Morgan fingerprint density at radius 2 is 1.91 bits per heavy atom. The summed E-state index contributed by atoms with van der Waals surface area (Å²) in [6.07, 6.45) is 1.86. The maximum absolute atomic E-state index is 13.5. The van der Waals surface area contributed by atoms with Crippen LogP contribution in [0.25, 0.3) is 0 Å². The van der Waals surface area contributed by atoms with Gasteiger partial charge in [0.1, 0.15) is 6.04 Å². The molecule has 8 nitrogen and oxygen atoms in total. The highest BCUT2D eigenvalue weighted by Crippen LogP contribution is 2.28. The molecule has 4 rings (SSSR count). The molecule has 1 aromatic heterocycles. The third kappa shape index (κ3) is 4.46. The second kappa shape index (κ2) is 9.17. The Morgan fingerprint density at radius 3 is 2.59 bits per heavy atom. The Kier molecular flexibility index (Phi) is 6.16. The summed E-state index contributed by atoms with van der Waals surface area (Å²) in [5.41, 5.74) is 3.92. The molecule has 32 heavy (non-hydrogen) atoms. The molecule has 3 amide bonds. The van der Waals surface area contributed by atoms with Crippen LogP contribution in [0.2, 0.25) is 5.02 Å². The number of hydrogen-bond acceptors (Lipinski definition) is 5. The zero-order chi connectivity index (χ0) is 22.7. The van der Waals surface area contributed by atoms with Gasteiger partial charge in [0, 0.05) is 35.4 Å². The van der Waals surface area contributed by atoms with Crippen LogP contribution in [0.3, 0.4) is 0 Å². The molecule has 1 aliphatic heterocycles. The van der Waals surface area contributed by atoms with Crippen molar-refractivity contribution in [3.8, 4) is 0 Å². The lowest BCUT2D eigenvalue weighted by molar-refractivity contribution is -0.120. The maximum Gasteiger partial charge on any atom is 0.274 e. The first-order chi connectivity index (χ1) is 15.5. The van der Waals surface area contributed by atoms with E-state index >= 15 is 0 Å². The highest BCUT2D eigenvalue weighted by Gasteiger charge is 2.35. The molecule has 2 aromatic carbocycles. The van der Waals surface area contributed by atoms with Gasteiger partial charge in [-0.15, -0.1) is 0 Å². The number of carbonyl (C=O) groups is 3. The second-order valence-electron chi connectivity index (χ2n) is 7.29. The van der Waals surface area contributed by atoms with Crippen molar-refractivity contribution >= 4 is 35.0 Å². The lowest BCUT2D eigenvalue weighted by atomic mass is 10.0. The molecule has 1 atom stereocenters. The van der Waals surface area contributed by atoms with Gasteiger partial charge in [-0.1, -0.05) is 29.8 Å². The average molecular weight is 451 g/mol. The summed E-state index contributed by atoms with van der Waals surface area (Å²) < 4.78 is 0. The largest absolute Gasteiger partial charge is 0.323 e. The molecule has 3 N–H and O–H groups in total. The van der Waals surface area contributed by atoms with Crippen LogP contribution in [-0.2, 0) is 17.8 Å². The molecule has 2 heterocycles. The summed E-state index contributed by atoms with van der Waals surface area (Å²) in [6, 6.07) is 15.7. The van der Waals surface area contributed by atoms with E-state index in [-0.39, 0.29) is 30.3 Å². The number of rotatable bonds is 5. The summed E-state index contributed by atoms with van der Waals surface area (Å²) in [4.78, 5) is 44.0. The summed E-state index contributed by atoms with van der Waals surface area (Å²) >= 11 is 6.07. The number of aromatic nitrogens is 1. The lowest BCUT2D eigenvalue weighted by Gasteiger charge is -2.28. The second-order valence-corrected chi connectivity index (χ2v) is 7.73. The van der Waals surface area contributed by atoms with Crippen molar-refractivity contribution in [2.24, 2.45) is 0 Å². The van der Waals surface area contributed by atoms with E-state index in [4.69, 9.17) is 16.8 Å². The zero-order valence-electron chi connectivity index (χ0n) is 16.8. The smallest absolute Gasteiger partial charge is 0.274 e. The molecule has 0 fully saturated rings.